The van der Waals surface area contributed by atoms with Gasteiger partial charge in [-0.25, -0.2) is 4.79 Å². The molecule has 1 aromatic rings. The maximum absolute atomic E-state index is 11.8. The van der Waals surface area contributed by atoms with Gasteiger partial charge in [-0.3, -0.25) is 0 Å². The van der Waals surface area contributed by atoms with Crippen molar-refractivity contribution in [1.82, 2.24) is 0 Å². The Hall–Kier alpha value is -1.71. The molecule has 0 aromatic heterocycles. The molecular formula is C13H16O4. The van der Waals surface area contributed by atoms with Crippen LogP contribution in [0.5, 0.6) is 11.5 Å². The molecule has 17 heavy (non-hydrogen) atoms. The van der Waals surface area contributed by atoms with E-state index in [1.165, 1.54) is 0 Å². The third-order valence-corrected chi connectivity index (χ3v) is 2.52. The number of ether oxygens (including phenoxy) is 3. The summed E-state index contributed by atoms with van der Waals surface area (Å²) in [5, 5.41) is 0. The highest BCUT2D eigenvalue weighted by Crippen LogP contribution is 2.33. The Balaban J connectivity index is 2.12. The summed E-state index contributed by atoms with van der Waals surface area (Å²) in [6.07, 6.45) is 1.87. The quantitative estimate of drug-likeness (QED) is 0.595. The predicted octanol–water partition coefficient (Wildman–Crippen LogP) is 2.41. The van der Waals surface area contributed by atoms with Crippen molar-refractivity contribution in [2.45, 2.75) is 19.8 Å². The van der Waals surface area contributed by atoms with Crippen molar-refractivity contribution in [3.8, 4) is 11.5 Å². The van der Waals surface area contributed by atoms with E-state index in [0.29, 0.717) is 36.9 Å². The lowest BCUT2D eigenvalue weighted by Gasteiger charge is -2.20. The van der Waals surface area contributed by atoms with E-state index in [0.717, 1.165) is 12.8 Å². The van der Waals surface area contributed by atoms with E-state index in [9.17, 15) is 4.79 Å². The van der Waals surface area contributed by atoms with Crippen molar-refractivity contribution in [2.75, 3.05) is 19.8 Å². The first-order valence-electron chi connectivity index (χ1n) is 5.88. The lowest BCUT2D eigenvalue weighted by atomic mass is 10.2. The Kier molecular flexibility index (Phi) is 3.85. The van der Waals surface area contributed by atoms with E-state index in [2.05, 4.69) is 6.92 Å². The summed E-state index contributed by atoms with van der Waals surface area (Å²) >= 11 is 0. The van der Waals surface area contributed by atoms with E-state index in [-0.39, 0.29) is 5.97 Å². The second kappa shape index (κ2) is 5.57. The number of fused-ring (bicyclic) bond motifs is 1. The van der Waals surface area contributed by atoms with Crippen molar-refractivity contribution < 1.29 is 19.0 Å². The van der Waals surface area contributed by atoms with Gasteiger partial charge in [0.2, 0.25) is 0 Å². The average Bonchev–Trinajstić information content (AvgIpc) is 2.38. The zero-order valence-corrected chi connectivity index (χ0v) is 9.90. The number of rotatable bonds is 4. The number of hydrogen-bond donors (Lipinski definition) is 0. The van der Waals surface area contributed by atoms with Gasteiger partial charge in [0.15, 0.2) is 11.5 Å². The van der Waals surface area contributed by atoms with Crippen molar-refractivity contribution in [1.29, 1.82) is 0 Å². The third kappa shape index (κ3) is 2.70. The standard InChI is InChI=1S/C13H16O4/c1-2-3-7-17-13(14)10-5-4-6-11-12(10)16-9-8-15-11/h4-6H,2-3,7-9H2,1H3. The predicted molar refractivity (Wildman–Crippen MR) is 62.6 cm³/mol. The fourth-order valence-corrected chi connectivity index (χ4v) is 1.62. The minimum atomic E-state index is -0.346. The molecule has 92 valence electrons. The van der Waals surface area contributed by atoms with Crippen molar-refractivity contribution in [3.05, 3.63) is 23.8 Å². The summed E-state index contributed by atoms with van der Waals surface area (Å²) in [5.41, 5.74) is 0.443. The van der Waals surface area contributed by atoms with Gasteiger partial charge < -0.3 is 14.2 Å². The van der Waals surface area contributed by atoms with Crippen LogP contribution in [-0.2, 0) is 4.74 Å². The van der Waals surface area contributed by atoms with Crippen molar-refractivity contribution in [3.63, 3.8) is 0 Å². The van der Waals surface area contributed by atoms with Gasteiger partial charge in [0.05, 0.1) is 6.61 Å². The Labute approximate surface area is 100 Å². The van der Waals surface area contributed by atoms with Gasteiger partial charge >= 0.3 is 5.97 Å². The van der Waals surface area contributed by atoms with Crippen LogP contribution < -0.4 is 9.47 Å². The van der Waals surface area contributed by atoms with Gasteiger partial charge in [0.25, 0.3) is 0 Å². The molecule has 1 aliphatic heterocycles. The maximum atomic E-state index is 11.8. The molecule has 0 saturated heterocycles. The Morgan fingerprint density at radius 2 is 2.18 bits per heavy atom. The third-order valence-electron chi connectivity index (χ3n) is 2.52. The average molecular weight is 236 g/mol. The first-order chi connectivity index (χ1) is 8.33. The summed E-state index contributed by atoms with van der Waals surface area (Å²) in [6, 6.07) is 5.25. The Bertz CT molecular complexity index is 400. The van der Waals surface area contributed by atoms with Gasteiger partial charge in [-0.1, -0.05) is 19.4 Å². The number of esters is 1. The van der Waals surface area contributed by atoms with Gasteiger partial charge in [0, 0.05) is 0 Å². The fourth-order valence-electron chi connectivity index (χ4n) is 1.62. The molecule has 0 saturated carbocycles. The maximum Gasteiger partial charge on any atom is 0.342 e. The molecule has 0 bridgehead atoms. The van der Waals surface area contributed by atoms with E-state index >= 15 is 0 Å². The molecule has 4 nitrogen and oxygen atoms in total. The monoisotopic (exact) mass is 236 g/mol. The van der Waals surface area contributed by atoms with Crippen LogP contribution >= 0.6 is 0 Å². The first kappa shape index (κ1) is 11.8. The van der Waals surface area contributed by atoms with Crippen LogP contribution in [0.25, 0.3) is 0 Å². The molecule has 0 radical (unpaired) electrons. The number of unbranched alkanes of at least 4 members (excludes halogenated alkanes) is 1. The summed E-state index contributed by atoms with van der Waals surface area (Å²) in [6.45, 7) is 3.47. The largest absolute Gasteiger partial charge is 0.486 e. The van der Waals surface area contributed by atoms with Crippen LogP contribution in [0.3, 0.4) is 0 Å². The molecule has 2 rings (SSSR count). The lowest BCUT2D eigenvalue weighted by molar-refractivity contribution is 0.0490. The van der Waals surface area contributed by atoms with Crippen molar-refractivity contribution in [2.24, 2.45) is 0 Å². The van der Waals surface area contributed by atoms with Crippen LogP contribution in [0.15, 0.2) is 18.2 Å². The van der Waals surface area contributed by atoms with Gasteiger partial charge in [-0.15, -0.1) is 0 Å². The number of para-hydroxylation sites is 1. The smallest absolute Gasteiger partial charge is 0.342 e. The fraction of sp³-hybridized carbons (Fsp3) is 0.462. The van der Waals surface area contributed by atoms with Gasteiger partial charge in [0.1, 0.15) is 18.8 Å². The highest BCUT2D eigenvalue weighted by atomic mass is 16.6. The number of hydrogen-bond acceptors (Lipinski definition) is 4. The first-order valence-corrected chi connectivity index (χ1v) is 5.88. The zero-order valence-electron chi connectivity index (χ0n) is 9.90. The molecule has 1 aromatic carbocycles. The highest BCUT2D eigenvalue weighted by molar-refractivity contribution is 5.93. The van der Waals surface area contributed by atoms with Crippen LogP contribution in [0.4, 0.5) is 0 Å². The van der Waals surface area contributed by atoms with Crippen LogP contribution in [0.1, 0.15) is 30.1 Å². The second-order valence-electron chi connectivity index (χ2n) is 3.82. The molecule has 4 heteroatoms. The molecule has 0 fully saturated rings. The molecule has 1 heterocycles. The topological polar surface area (TPSA) is 44.8 Å². The van der Waals surface area contributed by atoms with E-state index in [1.54, 1.807) is 18.2 Å². The SMILES string of the molecule is CCCCOC(=O)c1cccc2c1OCCO2. The highest BCUT2D eigenvalue weighted by Gasteiger charge is 2.20. The number of carbonyl (C=O) groups excluding carboxylic acids is 1. The van der Waals surface area contributed by atoms with E-state index in [1.807, 2.05) is 0 Å². The van der Waals surface area contributed by atoms with Crippen LogP contribution in [0.2, 0.25) is 0 Å². The van der Waals surface area contributed by atoms with E-state index in [4.69, 9.17) is 14.2 Å². The number of benzene rings is 1. The number of carbonyl (C=O) groups is 1. The minimum absolute atomic E-state index is 0.346. The summed E-state index contributed by atoms with van der Waals surface area (Å²) in [5.74, 6) is 0.766. The Morgan fingerprint density at radius 3 is 3.00 bits per heavy atom. The minimum Gasteiger partial charge on any atom is -0.486 e. The molecule has 0 atom stereocenters. The summed E-state index contributed by atoms with van der Waals surface area (Å²) in [7, 11) is 0. The van der Waals surface area contributed by atoms with Crippen LogP contribution in [-0.4, -0.2) is 25.8 Å². The van der Waals surface area contributed by atoms with Gasteiger partial charge in [-0.2, -0.15) is 0 Å². The molecule has 0 aliphatic carbocycles. The molecule has 1 aliphatic rings. The molecular weight excluding hydrogens is 220 g/mol. The van der Waals surface area contributed by atoms with E-state index < -0.39 is 0 Å². The molecule has 0 unspecified atom stereocenters. The van der Waals surface area contributed by atoms with Crippen molar-refractivity contribution >= 4 is 5.97 Å². The molecule has 0 spiro atoms. The molecule has 0 N–H and O–H groups in total. The molecule has 0 amide bonds. The van der Waals surface area contributed by atoms with Gasteiger partial charge in [-0.05, 0) is 18.6 Å². The normalized spacial score (nSPS) is 13.2. The van der Waals surface area contributed by atoms with Crippen LogP contribution in [0, 0.1) is 0 Å². The Morgan fingerprint density at radius 1 is 1.35 bits per heavy atom. The lowest BCUT2D eigenvalue weighted by Crippen LogP contribution is -2.18. The summed E-state index contributed by atoms with van der Waals surface area (Å²) < 4.78 is 16.0. The zero-order chi connectivity index (χ0) is 12.1. The summed E-state index contributed by atoms with van der Waals surface area (Å²) in [4.78, 5) is 11.8. The second-order valence-corrected chi connectivity index (χ2v) is 3.82.